The molecule has 0 aliphatic rings. The topological polar surface area (TPSA) is 169 Å². The van der Waals surface area contributed by atoms with Crippen LogP contribution in [0.4, 0.5) is 15.4 Å². The lowest BCUT2D eigenvalue weighted by Crippen LogP contribution is -2.39. The molecule has 0 fully saturated rings. The standard InChI is InChI=1S/C22H23N7O5/c1-22(2,3)34-21(32)29(20(30)31)12-14-10-25-19(26-11-14)15-6-5-13(9-23)7-16(15)33-18-8-17(24)27-28(18)4/h5-8,10-11H,12H2,1-4H3,(H2,24,27)(H,30,31). The van der Waals surface area contributed by atoms with Crippen LogP contribution in [-0.2, 0) is 18.3 Å². The Hall–Kier alpha value is -4.66. The second-order valence-corrected chi connectivity index (χ2v) is 8.22. The van der Waals surface area contributed by atoms with Crippen molar-refractivity contribution in [1.82, 2.24) is 24.6 Å². The van der Waals surface area contributed by atoms with E-state index >= 15 is 0 Å². The lowest BCUT2D eigenvalue weighted by atomic mass is 10.1. The maximum Gasteiger partial charge on any atom is 0.420 e. The number of hydrogen-bond donors (Lipinski definition) is 2. The molecule has 0 atom stereocenters. The van der Waals surface area contributed by atoms with E-state index in [4.69, 9.17) is 15.2 Å². The number of carboxylic acid groups (broad SMARTS) is 1. The summed E-state index contributed by atoms with van der Waals surface area (Å²) in [4.78, 5) is 32.9. The maximum atomic E-state index is 12.2. The van der Waals surface area contributed by atoms with Crippen LogP contribution in [0.5, 0.6) is 11.6 Å². The minimum Gasteiger partial charge on any atom is -0.465 e. The number of nitrogens with zero attached hydrogens (tertiary/aromatic N) is 6. The van der Waals surface area contributed by atoms with Gasteiger partial charge in [-0.3, -0.25) is 0 Å². The molecule has 0 aliphatic heterocycles. The van der Waals surface area contributed by atoms with Crippen molar-refractivity contribution < 1.29 is 24.2 Å². The molecule has 3 rings (SSSR count). The molecular formula is C22H23N7O5. The average Bonchev–Trinajstić information content (AvgIpc) is 3.07. The van der Waals surface area contributed by atoms with Gasteiger partial charge >= 0.3 is 12.2 Å². The van der Waals surface area contributed by atoms with Crippen LogP contribution in [0.25, 0.3) is 11.4 Å². The SMILES string of the molecule is Cn1nc(N)cc1Oc1cc(C#N)ccc1-c1ncc(CN(C(=O)O)C(=O)OC(C)(C)C)cn1. The third-order valence-electron chi connectivity index (χ3n) is 4.31. The Morgan fingerprint density at radius 1 is 1.24 bits per heavy atom. The largest absolute Gasteiger partial charge is 0.465 e. The van der Waals surface area contributed by atoms with Gasteiger partial charge < -0.3 is 20.3 Å². The molecule has 1 aromatic carbocycles. The zero-order valence-corrected chi connectivity index (χ0v) is 19.0. The highest BCUT2D eigenvalue weighted by Crippen LogP contribution is 2.33. The number of aryl methyl sites for hydroxylation is 1. The van der Waals surface area contributed by atoms with E-state index in [0.29, 0.717) is 33.2 Å². The molecule has 0 spiro atoms. The van der Waals surface area contributed by atoms with Crippen LogP contribution in [-0.4, -0.2) is 47.5 Å². The number of aromatic nitrogens is 4. The fourth-order valence-corrected chi connectivity index (χ4v) is 2.83. The van der Waals surface area contributed by atoms with Crippen molar-refractivity contribution in [3.05, 3.63) is 47.8 Å². The quantitative estimate of drug-likeness (QED) is 0.568. The Kier molecular flexibility index (Phi) is 6.67. The second-order valence-electron chi connectivity index (χ2n) is 8.22. The number of nitrogens with two attached hydrogens (primary N) is 1. The molecule has 0 saturated carbocycles. The molecule has 0 saturated heterocycles. The average molecular weight is 465 g/mol. The summed E-state index contributed by atoms with van der Waals surface area (Å²) in [5, 5.41) is 22.7. The molecule has 3 N–H and O–H groups in total. The van der Waals surface area contributed by atoms with Crippen molar-refractivity contribution in [3.63, 3.8) is 0 Å². The van der Waals surface area contributed by atoms with Gasteiger partial charge in [-0.2, -0.15) is 10.4 Å². The van der Waals surface area contributed by atoms with Crippen LogP contribution in [0.3, 0.4) is 0 Å². The number of nitrogen functional groups attached to an aromatic ring is 1. The zero-order chi connectivity index (χ0) is 25.0. The number of amides is 2. The molecular weight excluding hydrogens is 442 g/mol. The summed E-state index contributed by atoms with van der Waals surface area (Å²) >= 11 is 0. The van der Waals surface area contributed by atoms with Crippen molar-refractivity contribution in [3.8, 4) is 29.1 Å². The maximum absolute atomic E-state index is 12.2. The molecule has 0 radical (unpaired) electrons. The highest BCUT2D eigenvalue weighted by molar-refractivity contribution is 5.86. The first-order valence-electron chi connectivity index (χ1n) is 10.0. The number of hydrogen-bond acceptors (Lipinski definition) is 9. The van der Waals surface area contributed by atoms with Gasteiger partial charge in [-0.25, -0.2) is 29.1 Å². The summed E-state index contributed by atoms with van der Waals surface area (Å²) in [6.07, 6.45) is 0.332. The number of rotatable bonds is 5. The number of ether oxygens (including phenoxy) is 2. The molecule has 176 valence electrons. The number of benzene rings is 1. The van der Waals surface area contributed by atoms with Gasteiger partial charge in [0.1, 0.15) is 17.2 Å². The summed E-state index contributed by atoms with van der Waals surface area (Å²) in [6, 6.07) is 8.33. The monoisotopic (exact) mass is 465 g/mol. The van der Waals surface area contributed by atoms with Gasteiger partial charge in [-0.15, -0.1) is 0 Å². The number of anilines is 1. The van der Waals surface area contributed by atoms with E-state index in [1.807, 2.05) is 6.07 Å². The fourth-order valence-electron chi connectivity index (χ4n) is 2.83. The van der Waals surface area contributed by atoms with E-state index in [9.17, 15) is 20.0 Å². The lowest BCUT2D eigenvalue weighted by molar-refractivity contribution is 0.0255. The van der Waals surface area contributed by atoms with Gasteiger partial charge in [0.25, 0.3) is 0 Å². The van der Waals surface area contributed by atoms with Gasteiger partial charge in [-0.1, -0.05) is 0 Å². The van der Waals surface area contributed by atoms with E-state index in [-0.39, 0.29) is 18.2 Å². The summed E-state index contributed by atoms with van der Waals surface area (Å²) in [5.41, 5.74) is 6.06. The van der Waals surface area contributed by atoms with Crippen LogP contribution in [0.1, 0.15) is 31.9 Å². The normalized spacial score (nSPS) is 10.9. The first-order valence-corrected chi connectivity index (χ1v) is 10.0. The molecule has 34 heavy (non-hydrogen) atoms. The van der Waals surface area contributed by atoms with Crippen molar-refractivity contribution in [2.24, 2.45) is 7.05 Å². The first-order chi connectivity index (χ1) is 16.0. The molecule has 2 amide bonds. The molecule has 0 unspecified atom stereocenters. The van der Waals surface area contributed by atoms with E-state index in [0.717, 1.165) is 0 Å². The van der Waals surface area contributed by atoms with Crippen LogP contribution >= 0.6 is 0 Å². The molecule has 12 heteroatoms. The summed E-state index contributed by atoms with van der Waals surface area (Å²) < 4.78 is 12.5. The van der Waals surface area contributed by atoms with Crippen LogP contribution < -0.4 is 10.5 Å². The predicted molar refractivity (Wildman–Crippen MR) is 120 cm³/mol. The van der Waals surface area contributed by atoms with Gasteiger partial charge in [0.15, 0.2) is 5.82 Å². The lowest BCUT2D eigenvalue weighted by Gasteiger charge is -2.24. The summed E-state index contributed by atoms with van der Waals surface area (Å²) in [7, 11) is 1.66. The smallest absolute Gasteiger partial charge is 0.420 e. The number of carbonyl (C=O) groups excluding carboxylic acids is 1. The Morgan fingerprint density at radius 3 is 2.44 bits per heavy atom. The predicted octanol–water partition coefficient (Wildman–Crippen LogP) is 3.54. The Balaban J connectivity index is 1.88. The Bertz CT molecular complexity index is 1260. The molecule has 0 bridgehead atoms. The van der Waals surface area contributed by atoms with Crippen LogP contribution in [0, 0.1) is 11.3 Å². The minimum atomic E-state index is -1.46. The summed E-state index contributed by atoms with van der Waals surface area (Å²) in [5.74, 6) is 1.18. The van der Waals surface area contributed by atoms with Crippen LogP contribution in [0.15, 0.2) is 36.7 Å². The van der Waals surface area contributed by atoms with E-state index in [1.165, 1.54) is 29.2 Å². The molecule has 3 aromatic rings. The highest BCUT2D eigenvalue weighted by atomic mass is 16.6. The van der Waals surface area contributed by atoms with Gasteiger partial charge in [0, 0.05) is 31.1 Å². The summed E-state index contributed by atoms with van der Waals surface area (Å²) in [6.45, 7) is 4.62. The Morgan fingerprint density at radius 2 is 1.91 bits per heavy atom. The first kappa shape index (κ1) is 24.0. The number of carbonyl (C=O) groups is 2. The third kappa shape index (κ3) is 5.77. The number of nitriles is 1. The second kappa shape index (κ2) is 9.45. The van der Waals surface area contributed by atoms with Crippen molar-refractivity contribution in [2.75, 3.05) is 5.73 Å². The Labute approximate surface area is 195 Å². The molecule has 2 heterocycles. The van der Waals surface area contributed by atoms with E-state index in [2.05, 4.69) is 15.1 Å². The van der Waals surface area contributed by atoms with Gasteiger partial charge in [-0.05, 0) is 39.0 Å². The van der Waals surface area contributed by atoms with E-state index in [1.54, 1.807) is 40.0 Å². The minimum absolute atomic E-state index is 0.262. The van der Waals surface area contributed by atoms with Gasteiger partial charge in [0.05, 0.1) is 23.7 Å². The van der Waals surface area contributed by atoms with Crippen molar-refractivity contribution in [2.45, 2.75) is 32.9 Å². The highest BCUT2D eigenvalue weighted by Gasteiger charge is 2.27. The van der Waals surface area contributed by atoms with Crippen LogP contribution in [0.2, 0.25) is 0 Å². The van der Waals surface area contributed by atoms with Gasteiger partial charge in [0.2, 0.25) is 5.88 Å². The van der Waals surface area contributed by atoms with Crippen molar-refractivity contribution >= 4 is 18.0 Å². The fraction of sp³-hybridized carbons (Fsp3) is 0.273. The molecule has 2 aromatic heterocycles. The van der Waals surface area contributed by atoms with Crippen molar-refractivity contribution in [1.29, 1.82) is 5.26 Å². The third-order valence-corrected chi connectivity index (χ3v) is 4.31. The zero-order valence-electron chi connectivity index (χ0n) is 19.0. The number of imide groups is 1. The molecule has 12 nitrogen and oxygen atoms in total. The molecule has 0 aliphatic carbocycles. The van der Waals surface area contributed by atoms with E-state index < -0.39 is 17.8 Å².